The molecule has 2 heteroatoms. The lowest BCUT2D eigenvalue weighted by Crippen LogP contribution is -1.78. The van der Waals surface area contributed by atoms with Crippen LogP contribution in [-0.4, -0.2) is 10.2 Å². The first-order chi connectivity index (χ1) is 4.70. The van der Waals surface area contributed by atoms with Gasteiger partial charge in [-0.25, -0.2) is 0 Å². The molecule has 56 valence electrons. The maximum atomic E-state index is 8.93. The summed E-state index contributed by atoms with van der Waals surface area (Å²) >= 11 is 0. The molecule has 0 saturated heterocycles. The summed E-state index contributed by atoms with van der Waals surface area (Å²) in [5, 5.41) is 17.7. The van der Waals surface area contributed by atoms with E-state index in [4.69, 9.17) is 10.2 Å². The maximum absolute atomic E-state index is 8.93. The zero-order valence-electron chi connectivity index (χ0n) is 6.04. The van der Waals surface area contributed by atoms with Crippen LogP contribution in [0.15, 0.2) is 36.3 Å². The zero-order chi connectivity index (χ0) is 7.98. The lowest BCUT2D eigenvalue weighted by atomic mass is 10.3. The normalized spacial score (nSPS) is 13.3. The first-order valence-electron chi connectivity index (χ1n) is 3.13. The molecule has 10 heavy (non-hydrogen) atoms. The van der Waals surface area contributed by atoms with Gasteiger partial charge in [-0.15, -0.1) is 0 Å². The van der Waals surface area contributed by atoms with Crippen molar-refractivity contribution >= 4 is 0 Å². The van der Waals surface area contributed by atoms with Crippen LogP contribution in [0.4, 0.5) is 0 Å². The van der Waals surface area contributed by atoms with E-state index in [2.05, 4.69) is 6.58 Å². The van der Waals surface area contributed by atoms with E-state index in [1.165, 1.54) is 12.2 Å². The van der Waals surface area contributed by atoms with E-state index >= 15 is 0 Å². The van der Waals surface area contributed by atoms with Crippen LogP contribution in [-0.2, 0) is 0 Å². The third-order valence-electron chi connectivity index (χ3n) is 0.918. The van der Waals surface area contributed by atoms with Crippen molar-refractivity contribution < 1.29 is 10.2 Å². The molecular formula is C8H12O2. The fourth-order valence-electron chi connectivity index (χ4n) is 0.479. The van der Waals surface area contributed by atoms with E-state index in [1.807, 2.05) is 6.92 Å². The summed E-state index contributed by atoms with van der Waals surface area (Å²) in [4.78, 5) is 0. The van der Waals surface area contributed by atoms with Crippen LogP contribution in [0.2, 0.25) is 0 Å². The van der Waals surface area contributed by atoms with Crippen molar-refractivity contribution in [2.24, 2.45) is 0 Å². The molecule has 0 amide bonds. The average molecular weight is 140 g/mol. The highest BCUT2D eigenvalue weighted by Crippen LogP contribution is 1.98. The summed E-state index contributed by atoms with van der Waals surface area (Å²) < 4.78 is 0. The van der Waals surface area contributed by atoms with Crippen molar-refractivity contribution in [1.82, 2.24) is 0 Å². The van der Waals surface area contributed by atoms with E-state index in [0.717, 1.165) is 6.42 Å². The molecule has 0 aliphatic heterocycles. The fourth-order valence-corrected chi connectivity index (χ4v) is 0.479. The molecule has 0 radical (unpaired) electrons. The van der Waals surface area contributed by atoms with Crippen molar-refractivity contribution in [2.45, 2.75) is 13.3 Å². The molecular weight excluding hydrogens is 128 g/mol. The zero-order valence-corrected chi connectivity index (χ0v) is 6.04. The van der Waals surface area contributed by atoms with Crippen LogP contribution in [0, 0.1) is 0 Å². The van der Waals surface area contributed by atoms with Gasteiger partial charge in [0.15, 0.2) is 0 Å². The van der Waals surface area contributed by atoms with Crippen LogP contribution in [0.3, 0.4) is 0 Å². The first kappa shape index (κ1) is 8.82. The second-order valence-corrected chi connectivity index (χ2v) is 1.81. The molecule has 2 N–H and O–H groups in total. The third-order valence-corrected chi connectivity index (χ3v) is 0.918. The Labute approximate surface area is 60.8 Å². The Hall–Kier alpha value is -1.18. The highest BCUT2D eigenvalue weighted by molar-refractivity contribution is 5.19. The minimum absolute atomic E-state index is 0.0257. The van der Waals surface area contributed by atoms with Gasteiger partial charge in [0.25, 0.3) is 0 Å². The van der Waals surface area contributed by atoms with Crippen LogP contribution < -0.4 is 0 Å². The number of hydrogen-bond donors (Lipinski definition) is 2. The molecule has 0 spiro atoms. The quantitative estimate of drug-likeness (QED) is 0.467. The molecule has 0 aromatic heterocycles. The van der Waals surface area contributed by atoms with Gasteiger partial charge in [-0.05, 0) is 18.6 Å². The second kappa shape index (κ2) is 4.68. The van der Waals surface area contributed by atoms with Crippen molar-refractivity contribution in [2.75, 3.05) is 0 Å². The molecule has 0 heterocycles. The topological polar surface area (TPSA) is 40.5 Å². The van der Waals surface area contributed by atoms with Gasteiger partial charge in [-0.1, -0.05) is 13.5 Å². The Morgan fingerprint density at radius 1 is 1.40 bits per heavy atom. The summed E-state index contributed by atoms with van der Waals surface area (Å²) in [7, 11) is 0. The molecule has 0 aromatic rings. The van der Waals surface area contributed by atoms with Crippen molar-refractivity contribution in [1.29, 1.82) is 0 Å². The maximum Gasteiger partial charge on any atom is 0.118 e. The molecule has 0 bridgehead atoms. The third kappa shape index (κ3) is 3.78. The lowest BCUT2D eigenvalue weighted by Gasteiger charge is -1.90. The molecule has 0 atom stereocenters. The van der Waals surface area contributed by atoms with E-state index in [9.17, 15) is 0 Å². The SMILES string of the molecule is C=C/C(O)=C\C(O)=C/CC. The Morgan fingerprint density at radius 3 is 2.40 bits per heavy atom. The minimum atomic E-state index is -0.0257. The predicted molar refractivity (Wildman–Crippen MR) is 41.9 cm³/mol. The monoisotopic (exact) mass is 140 g/mol. The van der Waals surface area contributed by atoms with Crippen molar-refractivity contribution in [3.05, 3.63) is 36.3 Å². The minimum Gasteiger partial charge on any atom is -0.508 e. The van der Waals surface area contributed by atoms with Gasteiger partial charge in [-0.3, -0.25) is 0 Å². The Bertz CT molecular complexity index is 166. The molecule has 0 fully saturated rings. The Balaban J connectivity index is 4.11. The van der Waals surface area contributed by atoms with E-state index in [0.29, 0.717) is 0 Å². The van der Waals surface area contributed by atoms with Crippen molar-refractivity contribution in [3.63, 3.8) is 0 Å². The highest BCUT2D eigenvalue weighted by atomic mass is 16.3. The van der Waals surface area contributed by atoms with E-state index in [-0.39, 0.29) is 11.5 Å². The number of rotatable bonds is 3. The van der Waals surface area contributed by atoms with Crippen LogP contribution in [0.1, 0.15) is 13.3 Å². The number of allylic oxidation sites excluding steroid dienone is 3. The molecule has 0 unspecified atom stereocenters. The van der Waals surface area contributed by atoms with Gasteiger partial charge < -0.3 is 10.2 Å². The summed E-state index contributed by atoms with van der Waals surface area (Å²) in [6.45, 7) is 5.21. The van der Waals surface area contributed by atoms with E-state index < -0.39 is 0 Å². The lowest BCUT2D eigenvalue weighted by molar-refractivity contribution is 0.403. The first-order valence-corrected chi connectivity index (χ1v) is 3.13. The van der Waals surface area contributed by atoms with Gasteiger partial charge in [0.2, 0.25) is 0 Å². The Kier molecular flexibility index (Phi) is 4.12. The molecule has 2 nitrogen and oxygen atoms in total. The largest absolute Gasteiger partial charge is 0.508 e. The summed E-state index contributed by atoms with van der Waals surface area (Å²) in [5.41, 5.74) is 0. The van der Waals surface area contributed by atoms with E-state index in [1.54, 1.807) is 6.08 Å². The standard InChI is InChI=1S/C8H12O2/c1-3-5-8(10)6-7(9)4-2/h4-6,9-10H,2-3H2,1H3/b7-6+,8-5+. The summed E-state index contributed by atoms with van der Waals surface area (Å²) in [5.74, 6) is 0.0436. The van der Waals surface area contributed by atoms with Crippen LogP contribution >= 0.6 is 0 Å². The molecule has 0 aromatic carbocycles. The summed E-state index contributed by atoms with van der Waals surface area (Å²) in [6.07, 6.45) is 4.85. The van der Waals surface area contributed by atoms with Crippen LogP contribution in [0.25, 0.3) is 0 Å². The van der Waals surface area contributed by atoms with Gasteiger partial charge in [0.1, 0.15) is 11.5 Å². The smallest absolute Gasteiger partial charge is 0.118 e. The second-order valence-electron chi connectivity index (χ2n) is 1.81. The van der Waals surface area contributed by atoms with Gasteiger partial charge in [-0.2, -0.15) is 0 Å². The predicted octanol–water partition coefficient (Wildman–Crippen LogP) is 2.47. The number of hydrogen-bond acceptors (Lipinski definition) is 2. The number of aliphatic hydroxyl groups excluding tert-OH is 2. The van der Waals surface area contributed by atoms with Crippen LogP contribution in [0.5, 0.6) is 0 Å². The fraction of sp³-hybridized carbons (Fsp3) is 0.250. The number of aliphatic hydroxyl groups is 2. The van der Waals surface area contributed by atoms with Gasteiger partial charge >= 0.3 is 0 Å². The summed E-state index contributed by atoms with van der Waals surface area (Å²) in [6, 6.07) is 0. The molecule has 0 aliphatic rings. The highest BCUT2D eigenvalue weighted by Gasteiger charge is 1.86. The van der Waals surface area contributed by atoms with Crippen molar-refractivity contribution in [3.8, 4) is 0 Å². The molecule has 0 aliphatic carbocycles. The molecule has 0 saturated carbocycles. The Morgan fingerprint density at radius 2 is 2.00 bits per heavy atom. The molecule has 0 rings (SSSR count). The average Bonchev–Trinajstić information content (AvgIpc) is 1.88. The van der Waals surface area contributed by atoms with Gasteiger partial charge in [0, 0.05) is 6.08 Å². The van der Waals surface area contributed by atoms with Gasteiger partial charge in [0.05, 0.1) is 0 Å².